The molecule has 1 atom stereocenters. The second kappa shape index (κ2) is 6.65. The van der Waals surface area contributed by atoms with Crippen LogP contribution in [-0.2, 0) is 0 Å². The zero-order valence-electron chi connectivity index (χ0n) is 10.7. The first kappa shape index (κ1) is 14.0. The van der Waals surface area contributed by atoms with Gasteiger partial charge in [-0.05, 0) is 38.3 Å². The first-order chi connectivity index (χ1) is 8.02. The van der Waals surface area contributed by atoms with Gasteiger partial charge in [-0.1, -0.05) is 24.1 Å². The van der Waals surface area contributed by atoms with Crippen LogP contribution in [0.1, 0.15) is 34.8 Å². The van der Waals surface area contributed by atoms with E-state index in [2.05, 4.69) is 18.3 Å². The molecule has 3 heteroatoms. The third kappa shape index (κ3) is 4.78. The lowest BCUT2D eigenvalue weighted by atomic mass is 10.1. The Hall–Kier alpha value is -1.02. The summed E-state index contributed by atoms with van der Waals surface area (Å²) < 4.78 is 0. The van der Waals surface area contributed by atoms with Gasteiger partial charge in [0.05, 0.1) is 0 Å². The van der Waals surface area contributed by atoms with Crippen molar-refractivity contribution in [1.82, 2.24) is 5.32 Å². The molecule has 2 nitrogen and oxygen atoms in total. The molecule has 0 aliphatic rings. The minimum absolute atomic E-state index is 0.00165. The number of nitrogens with one attached hydrogen (secondary N) is 1. The minimum Gasteiger partial charge on any atom is -0.352 e. The number of carbonyl (C=O) groups excluding carboxylic acids is 1. The summed E-state index contributed by atoms with van der Waals surface area (Å²) in [4.78, 5) is 11.9. The maximum Gasteiger partial charge on any atom is 0.251 e. The van der Waals surface area contributed by atoms with E-state index in [0.29, 0.717) is 18.3 Å². The van der Waals surface area contributed by atoms with Gasteiger partial charge in [0, 0.05) is 18.0 Å². The van der Waals surface area contributed by atoms with E-state index in [1.54, 1.807) is 0 Å². The number of carbonyl (C=O) groups is 1. The molecular formula is C14H20ClNO. The van der Waals surface area contributed by atoms with Gasteiger partial charge in [-0.2, -0.15) is 0 Å². The van der Waals surface area contributed by atoms with Gasteiger partial charge in [-0.25, -0.2) is 0 Å². The van der Waals surface area contributed by atoms with Crippen LogP contribution < -0.4 is 5.32 Å². The largest absolute Gasteiger partial charge is 0.352 e. The lowest BCUT2D eigenvalue weighted by Crippen LogP contribution is -2.28. The lowest BCUT2D eigenvalue weighted by molar-refractivity contribution is 0.0947. The average Bonchev–Trinajstić information content (AvgIpc) is 2.25. The number of hydrogen-bond acceptors (Lipinski definition) is 1. The summed E-state index contributed by atoms with van der Waals surface area (Å²) >= 11 is 5.66. The summed E-state index contributed by atoms with van der Waals surface area (Å²) in [6.45, 7) is 6.77. The van der Waals surface area contributed by atoms with Crippen molar-refractivity contribution in [2.75, 3.05) is 12.4 Å². The van der Waals surface area contributed by atoms with Crippen molar-refractivity contribution in [2.24, 2.45) is 5.92 Å². The van der Waals surface area contributed by atoms with E-state index in [4.69, 9.17) is 11.6 Å². The normalized spacial score (nSPS) is 12.2. The molecule has 0 spiro atoms. The second-order valence-corrected chi connectivity index (χ2v) is 5.05. The van der Waals surface area contributed by atoms with Crippen molar-refractivity contribution in [2.45, 2.75) is 27.2 Å². The molecule has 1 unspecified atom stereocenters. The van der Waals surface area contributed by atoms with E-state index < -0.39 is 0 Å². The SMILES string of the molecule is Cc1cc(C)cc(C(=O)NCC(C)CCCl)c1. The van der Waals surface area contributed by atoms with Crippen LogP contribution in [0.25, 0.3) is 0 Å². The summed E-state index contributed by atoms with van der Waals surface area (Å²) in [6, 6.07) is 5.88. The molecule has 1 rings (SSSR count). The highest BCUT2D eigenvalue weighted by Gasteiger charge is 2.08. The maximum absolute atomic E-state index is 11.9. The summed E-state index contributed by atoms with van der Waals surface area (Å²) in [7, 11) is 0. The summed E-state index contributed by atoms with van der Waals surface area (Å²) in [5.74, 6) is 1.06. The molecule has 1 N–H and O–H groups in total. The summed E-state index contributed by atoms with van der Waals surface area (Å²) in [5.41, 5.74) is 2.97. The van der Waals surface area contributed by atoms with Crippen LogP contribution in [-0.4, -0.2) is 18.3 Å². The Labute approximate surface area is 108 Å². The van der Waals surface area contributed by atoms with Gasteiger partial charge < -0.3 is 5.32 Å². The minimum atomic E-state index is -0.00165. The Morgan fingerprint density at radius 2 is 1.88 bits per heavy atom. The molecule has 1 amide bonds. The number of hydrogen-bond donors (Lipinski definition) is 1. The first-order valence-electron chi connectivity index (χ1n) is 5.95. The Balaban J connectivity index is 2.58. The van der Waals surface area contributed by atoms with Crippen LogP contribution in [0.4, 0.5) is 0 Å². The smallest absolute Gasteiger partial charge is 0.251 e. The maximum atomic E-state index is 11.9. The number of halogens is 1. The Bertz CT molecular complexity index is 370. The fourth-order valence-electron chi connectivity index (χ4n) is 1.76. The summed E-state index contributed by atoms with van der Waals surface area (Å²) in [5, 5.41) is 2.94. The van der Waals surface area contributed by atoms with Crippen molar-refractivity contribution in [1.29, 1.82) is 0 Å². The third-order valence-corrected chi connectivity index (χ3v) is 2.92. The molecule has 0 aromatic heterocycles. The quantitative estimate of drug-likeness (QED) is 0.802. The van der Waals surface area contributed by atoms with E-state index in [1.807, 2.05) is 26.0 Å². The van der Waals surface area contributed by atoms with Gasteiger partial charge in [0.1, 0.15) is 0 Å². The van der Waals surface area contributed by atoms with Crippen LogP contribution in [0, 0.1) is 19.8 Å². The molecule has 0 saturated heterocycles. The predicted octanol–water partition coefficient (Wildman–Crippen LogP) is 3.30. The molecule has 0 bridgehead atoms. The van der Waals surface area contributed by atoms with E-state index in [0.717, 1.165) is 23.1 Å². The molecule has 0 fully saturated rings. The van der Waals surface area contributed by atoms with Crippen LogP contribution in [0.3, 0.4) is 0 Å². The van der Waals surface area contributed by atoms with E-state index in [1.165, 1.54) is 0 Å². The fourth-order valence-corrected chi connectivity index (χ4v) is 2.14. The zero-order valence-corrected chi connectivity index (χ0v) is 11.5. The molecule has 1 aromatic rings. The van der Waals surface area contributed by atoms with E-state index >= 15 is 0 Å². The molecule has 17 heavy (non-hydrogen) atoms. The van der Waals surface area contributed by atoms with Gasteiger partial charge in [-0.3, -0.25) is 4.79 Å². The molecule has 0 radical (unpaired) electrons. The van der Waals surface area contributed by atoms with Gasteiger partial charge in [0.2, 0.25) is 0 Å². The predicted molar refractivity (Wildman–Crippen MR) is 72.8 cm³/mol. The molecule has 0 heterocycles. The van der Waals surface area contributed by atoms with Gasteiger partial charge in [0.25, 0.3) is 5.91 Å². The highest BCUT2D eigenvalue weighted by atomic mass is 35.5. The molecule has 0 aliphatic heterocycles. The van der Waals surface area contributed by atoms with E-state index in [-0.39, 0.29) is 5.91 Å². The molecule has 0 aliphatic carbocycles. The Kier molecular flexibility index (Phi) is 5.49. The number of amides is 1. The second-order valence-electron chi connectivity index (χ2n) is 4.67. The van der Waals surface area contributed by atoms with Crippen molar-refractivity contribution in [3.8, 4) is 0 Å². The first-order valence-corrected chi connectivity index (χ1v) is 6.49. The topological polar surface area (TPSA) is 29.1 Å². The lowest BCUT2D eigenvalue weighted by Gasteiger charge is -2.11. The highest BCUT2D eigenvalue weighted by Crippen LogP contribution is 2.09. The number of alkyl halides is 1. The Morgan fingerprint density at radius 3 is 2.41 bits per heavy atom. The van der Waals surface area contributed by atoms with Gasteiger partial charge >= 0.3 is 0 Å². The Morgan fingerprint density at radius 1 is 1.29 bits per heavy atom. The van der Waals surface area contributed by atoms with Gasteiger partial charge in [-0.15, -0.1) is 11.6 Å². The fraction of sp³-hybridized carbons (Fsp3) is 0.500. The van der Waals surface area contributed by atoms with Crippen LogP contribution in [0.15, 0.2) is 18.2 Å². The van der Waals surface area contributed by atoms with Crippen LogP contribution in [0.2, 0.25) is 0 Å². The van der Waals surface area contributed by atoms with Gasteiger partial charge in [0.15, 0.2) is 0 Å². The highest BCUT2D eigenvalue weighted by molar-refractivity contribution is 6.17. The van der Waals surface area contributed by atoms with Crippen molar-refractivity contribution >= 4 is 17.5 Å². The van der Waals surface area contributed by atoms with Crippen molar-refractivity contribution < 1.29 is 4.79 Å². The van der Waals surface area contributed by atoms with Crippen LogP contribution >= 0.6 is 11.6 Å². The molecule has 1 aromatic carbocycles. The molecular weight excluding hydrogens is 234 g/mol. The van der Waals surface area contributed by atoms with E-state index in [9.17, 15) is 4.79 Å². The molecule has 94 valence electrons. The number of rotatable bonds is 5. The number of aryl methyl sites for hydroxylation is 2. The van der Waals surface area contributed by atoms with Crippen molar-refractivity contribution in [3.05, 3.63) is 34.9 Å². The monoisotopic (exact) mass is 253 g/mol. The third-order valence-electron chi connectivity index (χ3n) is 2.70. The average molecular weight is 254 g/mol. The van der Waals surface area contributed by atoms with Crippen LogP contribution in [0.5, 0.6) is 0 Å². The number of benzene rings is 1. The van der Waals surface area contributed by atoms with Crippen molar-refractivity contribution in [3.63, 3.8) is 0 Å². The summed E-state index contributed by atoms with van der Waals surface area (Å²) in [6.07, 6.45) is 0.925. The molecule has 0 saturated carbocycles. The zero-order chi connectivity index (χ0) is 12.8. The standard InChI is InChI=1S/C14H20ClNO/c1-10(4-5-15)9-16-14(17)13-7-11(2)6-12(3)8-13/h6-8,10H,4-5,9H2,1-3H3,(H,16,17).